The van der Waals surface area contributed by atoms with E-state index < -0.39 is 6.23 Å². The van der Waals surface area contributed by atoms with Crippen LogP contribution in [0, 0.1) is 0 Å². The maximum absolute atomic E-state index is 10.3. The average molecular weight is 470 g/mol. The van der Waals surface area contributed by atoms with Gasteiger partial charge in [0.1, 0.15) is 17.8 Å². The maximum Gasteiger partial charge on any atom is 0.244 e. The first kappa shape index (κ1) is 21.8. The molecule has 1 unspecified atom stereocenters. The Morgan fingerprint density at radius 3 is 2.85 bits per heavy atom. The lowest BCUT2D eigenvalue weighted by Crippen LogP contribution is -2.26. The van der Waals surface area contributed by atoms with E-state index in [1.54, 1.807) is 15.8 Å². The fraction of sp³-hybridized carbons (Fsp3) is 0.409. The molecule has 4 aromatic rings. The summed E-state index contributed by atoms with van der Waals surface area (Å²) in [7, 11) is 5.55. The van der Waals surface area contributed by atoms with Gasteiger partial charge < -0.3 is 24.5 Å². The van der Waals surface area contributed by atoms with E-state index >= 15 is 0 Å². The van der Waals surface area contributed by atoms with E-state index in [0.717, 1.165) is 40.1 Å². The van der Waals surface area contributed by atoms with Crippen LogP contribution in [0.5, 0.6) is 5.88 Å². The van der Waals surface area contributed by atoms with Gasteiger partial charge in [-0.25, -0.2) is 4.98 Å². The Morgan fingerprint density at radius 1 is 1.30 bits per heavy atom. The van der Waals surface area contributed by atoms with Crippen molar-refractivity contribution in [2.45, 2.75) is 25.2 Å². The number of anilines is 2. The highest BCUT2D eigenvalue weighted by Gasteiger charge is 2.22. The van der Waals surface area contributed by atoms with E-state index in [0.29, 0.717) is 25.0 Å². The molecule has 0 saturated carbocycles. The van der Waals surface area contributed by atoms with E-state index in [1.807, 2.05) is 55.6 Å². The van der Waals surface area contributed by atoms with Crippen molar-refractivity contribution in [2.75, 3.05) is 32.6 Å². The minimum atomic E-state index is -0.666. The summed E-state index contributed by atoms with van der Waals surface area (Å²) in [4.78, 5) is 11.2. The topological polar surface area (TPSA) is 102 Å². The van der Waals surface area contributed by atoms with Crippen LogP contribution in [0.4, 0.5) is 10.9 Å². The van der Waals surface area contributed by atoms with Gasteiger partial charge in [-0.15, -0.1) is 11.3 Å². The minimum Gasteiger partial charge on any atom is -0.473 e. The summed E-state index contributed by atoms with van der Waals surface area (Å²) in [6.45, 7) is 1.36. The maximum atomic E-state index is 10.3. The van der Waals surface area contributed by atoms with Gasteiger partial charge in [-0.3, -0.25) is 9.58 Å². The molecule has 4 aromatic heterocycles. The third-order valence-electron chi connectivity index (χ3n) is 5.56. The first-order valence-corrected chi connectivity index (χ1v) is 11.7. The third kappa shape index (κ3) is 4.58. The van der Waals surface area contributed by atoms with Crippen molar-refractivity contribution in [1.29, 1.82) is 0 Å². The highest BCUT2D eigenvalue weighted by molar-refractivity contribution is 7.14. The normalized spacial score (nSPS) is 15.9. The fourth-order valence-electron chi connectivity index (χ4n) is 3.81. The zero-order valence-corrected chi connectivity index (χ0v) is 19.6. The quantitative estimate of drug-likeness (QED) is 0.398. The van der Waals surface area contributed by atoms with Crippen LogP contribution < -0.4 is 10.1 Å². The molecule has 0 amide bonds. The van der Waals surface area contributed by atoms with Crippen LogP contribution >= 0.6 is 11.3 Å². The zero-order valence-electron chi connectivity index (χ0n) is 18.8. The molecule has 1 fully saturated rings. The molecule has 11 heteroatoms. The monoisotopic (exact) mass is 469 g/mol. The summed E-state index contributed by atoms with van der Waals surface area (Å²) in [5.41, 5.74) is 3.29. The Morgan fingerprint density at radius 2 is 2.12 bits per heavy atom. The van der Waals surface area contributed by atoms with Gasteiger partial charge in [-0.05, 0) is 26.2 Å². The summed E-state index contributed by atoms with van der Waals surface area (Å²) in [6, 6.07) is 3.85. The number of nitrogens with one attached hydrogen (secondary N) is 1. The molecule has 10 nitrogen and oxygen atoms in total. The van der Waals surface area contributed by atoms with E-state index in [-0.39, 0.29) is 6.10 Å². The van der Waals surface area contributed by atoms with Crippen LogP contribution in [0.25, 0.3) is 16.7 Å². The fourth-order valence-corrected chi connectivity index (χ4v) is 4.62. The average Bonchev–Trinajstić information content (AvgIpc) is 3.53. The molecular formula is C22H27N7O3S. The lowest BCUT2D eigenvalue weighted by atomic mass is 10.1. The van der Waals surface area contributed by atoms with Gasteiger partial charge in [-0.2, -0.15) is 10.1 Å². The van der Waals surface area contributed by atoms with Gasteiger partial charge in [0.2, 0.25) is 11.8 Å². The Kier molecular flexibility index (Phi) is 6.02. The first-order chi connectivity index (χ1) is 16.0. The molecule has 2 N–H and O–H groups in total. The molecule has 0 aliphatic carbocycles. The number of aliphatic hydroxyl groups excluding tert-OH is 1. The molecule has 174 valence electrons. The molecule has 5 rings (SSSR count). The first-order valence-electron chi connectivity index (χ1n) is 10.8. The molecule has 1 aliphatic heterocycles. The SMILES string of the molecule is CN(C)C(O)c1csc(Nc2nc(OC3CCOCC3)c3c(ccn3-c3cnn(C)c3)n2)c1. The Hall–Kier alpha value is -2.99. The van der Waals surface area contributed by atoms with Crippen LogP contribution in [0.3, 0.4) is 0 Å². The smallest absolute Gasteiger partial charge is 0.244 e. The van der Waals surface area contributed by atoms with Crippen LogP contribution in [0.15, 0.2) is 36.1 Å². The molecule has 0 spiro atoms. The molecule has 0 radical (unpaired) electrons. The van der Waals surface area contributed by atoms with Crippen LogP contribution in [-0.2, 0) is 11.8 Å². The lowest BCUT2D eigenvalue weighted by molar-refractivity contribution is 0.0243. The van der Waals surface area contributed by atoms with Gasteiger partial charge in [0.25, 0.3) is 0 Å². The van der Waals surface area contributed by atoms with E-state index in [4.69, 9.17) is 19.4 Å². The summed E-state index contributed by atoms with van der Waals surface area (Å²) < 4.78 is 15.6. The van der Waals surface area contributed by atoms with E-state index in [2.05, 4.69) is 10.4 Å². The van der Waals surface area contributed by atoms with Crippen molar-refractivity contribution < 1.29 is 14.6 Å². The summed E-state index contributed by atoms with van der Waals surface area (Å²) in [5.74, 6) is 0.967. The Labute approximate surface area is 195 Å². The van der Waals surface area contributed by atoms with Gasteiger partial charge in [-0.1, -0.05) is 0 Å². The van der Waals surface area contributed by atoms with Crippen molar-refractivity contribution in [3.8, 4) is 11.6 Å². The van der Waals surface area contributed by atoms with Crippen LogP contribution in [0.1, 0.15) is 24.6 Å². The Bertz CT molecular complexity index is 1240. The van der Waals surface area contributed by atoms with Gasteiger partial charge >= 0.3 is 0 Å². The van der Waals surface area contributed by atoms with Crippen LogP contribution in [0.2, 0.25) is 0 Å². The van der Waals surface area contributed by atoms with Crippen molar-refractivity contribution in [3.63, 3.8) is 0 Å². The second-order valence-corrected chi connectivity index (χ2v) is 9.19. The highest BCUT2D eigenvalue weighted by Crippen LogP contribution is 2.32. The van der Waals surface area contributed by atoms with Gasteiger partial charge in [0, 0.05) is 43.2 Å². The number of aliphatic hydroxyl groups is 1. The number of ether oxygens (including phenoxy) is 2. The largest absolute Gasteiger partial charge is 0.473 e. The van der Waals surface area contributed by atoms with E-state index in [1.165, 1.54) is 11.3 Å². The molecule has 1 aliphatic rings. The second kappa shape index (κ2) is 9.10. The van der Waals surface area contributed by atoms with Crippen molar-refractivity contribution >= 4 is 33.3 Å². The lowest BCUT2D eigenvalue weighted by Gasteiger charge is -2.23. The highest BCUT2D eigenvalue weighted by atomic mass is 32.1. The van der Waals surface area contributed by atoms with Crippen molar-refractivity contribution in [1.82, 2.24) is 29.2 Å². The number of rotatable bonds is 7. The second-order valence-electron chi connectivity index (χ2n) is 8.28. The molecule has 0 aromatic carbocycles. The molecule has 5 heterocycles. The molecular weight excluding hydrogens is 442 g/mol. The minimum absolute atomic E-state index is 0.0329. The number of aryl methyl sites for hydroxylation is 1. The third-order valence-corrected chi connectivity index (χ3v) is 6.42. The number of hydrogen-bond donors (Lipinski definition) is 2. The van der Waals surface area contributed by atoms with E-state index in [9.17, 15) is 5.11 Å². The van der Waals surface area contributed by atoms with Crippen molar-refractivity contribution in [3.05, 3.63) is 41.7 Å². The zero-order chi connectivity index (χ0) is 22.9. The number of fused-ring (bicyclic) bond motifs is 1. The predicted molar refractivity (Wildman–Crippen MR) is 126 cm³/mol. The number of hydrogen-bond acceptors (Lipinski definition) is 9. The molecule has 1 atom stereocenters. The van der Waals surface area contributed by atoms with Crippen molar-refractivity contribution in [2.24, 2.45) is 7.05 Å². The summed E-state index contributed by atoms with van der Waals surface area (Å²) in [6.07, 6.45) is 6.69. The van der Waals surface area contributed by atoms with Gasteiger partial charge in [0.15, 0.2) is 0 Å². The number of thiophene rings is 1. The molecule has 33 heavy (non-hydrogen) atoms. The standard InChI is InChI=1S/C22H27N7O3S/c1-27(2)21(30)14-10-18(33-13-14)25-22-24-17-4-7-29(15-11-23-28(3)12-15)19(17)20(26-22)32-16-5-8-31-9-6-16/h4,7,10-13,16,21,30H,5-6,8-9H2,1-3H3,(H,24,25,26). The molecule has 1 saturated heterocycles. The van der Waals surface area contributed by atoms with Gasteiger partial charge in [0.05, 0.1) is 35.6 Å². The predicted octanol–water partition coefficient (Wildman–Crippen LogP) is 3.07. The number of nitrogens with zero attached hydrogens (tertiary/aromatic N) is 6. The van der Waals surface area contributed by atoms with Crippen LogP contribution in [-0.4, -0.2) is 67.7 Å². The molecule has 0 bridgehead atoms. The Balaban J connectivity index is 1.51. The summed E-state index contributed by atoms with van der Waals surface area (Å²) in [5, 5.41) is 20.6. The summed E-state index contributed by atoms with van der Waals surface area (Å²) >= 11 is 1.49. The number of aromatic nitrogens is 5.